The van der Waals surface area contributed by atoms with Crippen LogP contribution in [0.25, 0.3) is 0 Å². The Balaban J connectivity index is 2.56. The molecule has 3 heteroatoms. The zero-order valence-corrected chi connectivity index (χ0v) is 11.1. The van der Waals surface area contributed by atoms with E-state index in [1.54, 1.807) is 6.92 Å². The lowest BCUT2D eigenvalue weighted by atomic mass is 10.2. The van der Waals surface area contributed by atoms with Crippen LogP contribution >= 0.6 is 0 Å². The van der Waals surface area contributed by atoms with Crippen molar-refractivity contribution < 1.29 is 8.22 Å². The second kappa shape index (κ2) is 5.97. The monoisotopic (exact) mass is 234 g/mol. The zero-order valence-electron chi connectivity index (χ0n) is 10.1. The topological polar surface area (TPSA) is 0 Å². The Morgan fingerprint density at radius 2 is 1.67 bits per heavy atom. The largest absolute Gasteiger partial charge is 0.430 e. The third kappa shape index (κ3) is 3.54. The Bertz CT molecular complexity index is 174. The van der Waals surface area contributed by atoms with Crippen molar-refractivity contribution in [2.75, 3.05) is 0 Å². The van der Waals surface area contributed by atoms with Gasteiger partial charge in [0.2, 0.25) is 0 Å². The summed E-state index contributed by atoms with van der Waals surface area (Å²) in [4.78, 5) is 0. The molecule has 1 unspecified atom stereocenters. The van der Waals surface area contributed by atoms with Crippen LogP contribution in [-0.4, -0.2) is 8.74 Å². The number of hydrogen-bond donors (Lipinski definition) is 0. The Hall–Kier alpha value is 0.0769. The van der Waals surface area contributed by atoms with Crippen LogP contribution < -0.4 is 0 Å². The first-order chi connectivity index (χ1) is 7.09. The van der Waals surface area contributed by atoms with Crippen LogP contribution in [0.15, 0.2) is 0 Å². The summed E-state index contributed by atoms with van der Waals surface area (Å²) in [5.41, 5.74) is -0.507. The molecule has 0 N–H and O–H groups in total. The molecule has 1 fully saturated rings. The minimum Gasteiger partial charge on any atom is -0.270 e. The summed E-state index contributed by atoms with van der Waals surface area (Å²) in [6, 6.07) is 0. The number of hydrogen-bond acceptors (Lipinski definition) is 0. The van der Waals surface area contributed by atoms with E-state index in [1.165, 1.54) is 12.8 Å². The van der Waals surface area contributed by atoms with Crippen molar-refractivity contribution in [2.45, 2.75) is 76.3 Å². The average molecular weight is 234 g/mol. The third-order valence-electron chi connectivity index (χ3n) is 3.78. The lowest BCUT2D eigenvalue weighted by Crippen LogP contribution is -2.34. The van der Waals surface area contributed by atoms with Gasteiger partial charge < -0.3 is 0 Å². The molecule has 1 saturated carbocycles. The van der Waals surface area contributed by atoms with Gasteiger partial charge in [0.1, 0.15) is 0 Å². The Labute approximate surface area is 93.8 Å². The Morgan fingerprint density at radius 1 is 1.13 bits per heavy atom. The van der Waals surface area contributed by atoms with Crippen molar-refractivity contribution >= 4 is 8.74 Å². The number of rotatable bonds is 4. The molecule has 1 rings (SSSR count). The molecule has 0 bridgehead atoms. The molecule has 1 aliphatic rings. The van der Waals surface area contributed by atoms with Crippen molar-refractivity contribution in [3.05, 3.63) is 0 Å². The lowest BCUT2D eigenvalue weighted by Gasteiger charge is -2.27. The number of halogens is 2. The van der Waals surface area contributed by atoms with Gasteiger partial charge in [-0.3, -0.25) is 8.22 Å². The predicted octanol–water partition coefficient (Wildman–Crippen LogP) is 5.28. The van der Waals surface area contributed by atoms with Gasteiger partial charge in [0.15, 0.2) is 0 Å². The molecule has 0 nitrogen and oxygen atoms in total. The van der Waals surface area contributed by atoms with Gasteiger partial charge in [0.05, 0.1) is 0 Å². The van der Waals surface area contributed by atoms with E-state index < -0.39 is 8.74 Å². The first-order valence-corrected chi connectivity index (χ1v) is 8.38. The van der Waals surface area contributed by atoms with Crippen LogP contribution in [0.3, 0.4) is 0 Å². The summed E-state index contributed by atoms with van der Waals surface area (Å²) in [5, 5.41) is 0. The van der Waals surface area contributed by atoms with Crippen LogP contribution in [0.1, 0.15) is 65.2 Å². The van der Waals surface area contributed by atoms with Gasteiger partial charge in [0, 0.05) is 11.1 Å². The summed E-state index contributed by atoms with van der Waals surface area (Å²) in [7, 11) is -3.96. The zero-order chi connectivity index (χ0) is 11.3. The summed E-state index contributed by atoms with van der Waals surface area (Å²) in [5.74, 6) is 0. The average Bonchev–Trinajstić information content (AvgIpc) is 2.46. The SMILES string of the molecule is CCCC(C)[Si](F)(F)C1CCCCCC1. The van der Waals surface area contributed by atoms with Gasteiger partial charge in [-0.05, 0) is 19.3 Å². The molecule has 0 aromatic carbocycles. The quantitative estimate of drug-likeness (QED) is 0.352. The molecular formula is C12H24F2Si. The molecule has 0 aliphatic heterocycles. The summed E-state index contributed by atoms with van der Waals surface area (Å²) >= 11 is 0. The van der Waals surface area contributed by atoms with Crippen LogP contribution in [0, 0.1) is 0 Å². The first-order valence-electron chi connectivity index (χ1n) is 6.46. The van der Waals surface area contributed by atoms with Gasteiger partial charge in [-0.1, -0.05) is 46.0 Å². The molecule has 0 amide bonds. The van der Waals surface area contributed by atoms with E-state index in [2.05, 4.69) is 0 Å². The highest BCUT2D eigenvalue weighted by Crippen LogP contribution is 2.45. The smallest absolute Gasteiger partial charge is 0.270 e. The fourth-order valence-corrected chi connectivity index (χ4v) is 5.35. The fraction of sp³-hybridized carbons (Fsp3) is 1.00. The molecule has 1 atom stereocenters. The van der Waals surface area contributed by atoms with Gasteiger partial charge >= 0.3 is 8.74 Å². The molecular weight excluding hydrogens is 210 g/mol. The van der Waals surface area contributed by atoms with E-state index in [1.807, 2.05) is 6.92 Å². The van der Waals surface area contributed by atoms with Crippen molar-refractivity contribution in [3.63, 3.8) is 0 Å². The molecule has 0 aromatic rings. The summed E-state index contributed by atoms with van der Waals surface area (Å²) in [6.45, 7) is 3.79. The highest BCUT2D eigenvalue weighted by Gasteiger charge is 2.48. The third-order valence-corrected chi connectivity index (χ3v) is 7.05. The highest BCUT2D eigenvalue weighted by atomic mass is 28.4. The Morgan fingerprint density at radius 3 is 2.13 bits per heavy atom. The predicted molar refractivity (Wildman–Crippen MR) is 63.8 cm³/mol. The van der Waals surface area contributed by atoms with Gasteiger partial charge in [-0.25, -0.2) is 0 Å². The minimum atomic E-state index is -3.96. The van der Waals surface area contributed by atoms with Crippen LogP contribution in [0.4, 0.5) is 8.22 Å². The van der Waals surface area contributed by atoms with Crippen LogP contribution in [-0.2, 0) is 0 Å². The van der Waals surface area contributed by atoms with E-state index in [0.29, 0.717) is 0 Å². The molecule has 0 radical (unpaired) electrons. The van der Waals surface area contributed by atoms with E-state index >= 15 is 0 Å². The second-order valence-electron chi connectivity index (χ2n) is 5.05. The molecule has 15 heavy (non-hydrogen) atoms. The van der Waals surface area contributed by atoms with E-state index in [4.69, 9.17) is 0 Å². The standard InChI is InChI=1S/C12H24F2Si/c1-3-8-11(2)15(13,14)12-9-6-4-5-7-10-12/h11-12H,3-10H2,1-2H3. The maximum absolute atomic E-state index is 14.2. The molecule has 90 valence electrons. The second-order valence-corrected chi connectivity index (χ2v) is 8.20. The fourth-order valence-electron chi connectivity index (χ4n) is 2.69. The maximum atomic E-state index is 14.2. The summed E-state index contributed by atoms with van der Waals surface area (Å²) < 4.78 is 28.4. The van der Waals surface area contributed by atoms with Crippen LogP contribution in [0.5, 0.6) is 0 Å². The van der Waals surface area contributed by atoms with E-state index in [0.717, 1.165) is 38.5 Å². The van der Waals surface area contributed by atoms with Crippen molar-refractivity contribution in [2.24, 2.45) is 0 Å². The van der Waals surface area contributed by atoms with Crippen LogP contribution in [0.2, 0.25) is 11.1 Å². The van der Waals surface area contributed by atoms with Gasteiger partial charge in [-0.15, -0.1) is 0 Å². The molecule has 1 aliphatic carbocycles. The maximum Gasteiger partial charge on any atom is 0.430 e. The van der Waals surface area contributed by atoms with E-state index in [9.17, 15) is 8.22 Å². The molecule has 0 aromatic heterocycles. The highest BCUT2D eigenvalue weighted by molar-refractivity contribution is 6.69. The lowest BCUT2D eigenvalue weighted by molar-refractivity contribution is 0.468. The molecule has 0 saturated heterocycles. The Kier molecular flexibility index (Phi) is 5.23. The van der Waals surface area contributed by atoms with Crippen molar-refractivity contribution in [1.82, 2.24) is 0 Å². The van der Waals surface area contributed by atoms with Crippen molar-refractivity contribution in [3.8, 4) is 0 Å². The minimum absolute atomic E-state index is 0.207. The molecule has 0 spiro atoms. The van der Waals surface area contributed by atoms with Gasteiger partial charge in [-0.2, -0.15) is 0 Å². The first kappa shape index (κ1) is 13.1. The summed E-state index contributed by atoms with van der Waals surface area (Å²) in [6.07, 6.45) is 7.62. The van der Waals surface area contributed by atoms with E-state index in [-0.39, 0.29) is 11.1 Å². The molecule has 0 heterocycles. The van der Waals surface area contributed by atoms with Crippen molar-refractivity contribution in [1.29, 1.82) is 0 Å². The normalized spacial score (nSPS) is 22.4. The van der Waals surface area contributed by atoms with Gasteiger partial charge in [0.25, 0.3) is 0 Å².